The van der Waals surface area contributed by atoms with E-state index in [1.807, 2.05) is 24.3 Å². The molecule has 0 aliphatic carbocycles. The lowest BCUT2D eigenvalue weighted by molar-refractivity contribution is 0.182. The number of piperazine rings is 1. The van der Waals surface area contributed by atoms with E-state index in [9.17, 15) is 8.42 Å². The summed E-state index contributed by atoms with van der Waals surface area (Å²) in [6.07, 6.45) is 1.75. The van der Waals surface area contributed by atoms with Crippen LogP contribution in [0, 0.1) is 0 Å². The topological polar surface area (TPSA) is 79.5 Å². The third-order valence-electron chi connectivity index (χ3n) is 3.89. The van der Waals surface area contributed by atoms with Crippen molar-refractivity contribution in [2.24, 2.45) is 5.14 Å². The molecule has 2 aromatic rings. The monoisotopic (exact) mass is 340 g/mol. The van der Waals surface area contributed by atoms with Crippen LogP contribution in [0.5, 0.6) is 0 Å². The first-order valence-corrected chi connectivity index (χ1v) is 8.85. The van der Waals surface area contributed by atoms with Gasteiger partial charge in [-0.15, -0.1) is 0 Å². The maximum Gasteiger partial charge on any atom is 0.276 e. The minimum atomic E-state index is -3.59. The van der Waals surface area contributed by atoms with E-state index in [2.05, 4.69) is 9.88 Å². The van der Waals surface area contributed by atoms with Gasteiger partial charge in [-0.1, -0.05) is 17.7 Å². The Morgan fingerprint density at radius 3 is 2.59 bits per heavy atom. The molecule has 1 aromatic heterocycles. The molecule has 0 atom stereocenters. The fourth-order valence-electron chi connectivity index (χ4n) is 2.71. The quantitative estimate of drug-likeness (QED) is 0.910. The smallest absolute Gasteiger partial charge is 0.276 e. The molecule has 118 valence electrons. The standard InChI is InChI=1S/C14H17ClN4O2S/c15-13-4-3-11(14-12(13)2-1-5-17-14)10-18-6-8-19(9-7-18)22(16,20)21/h1-5H,6-10H2,(H2,16,20,21). The number of hydrogen-bond acceptors (Lipinski definition) is 4. The van der Waals surface area contributed by atoms with Crippen LogP contribution in [0.25, 0.3) is 10.9 Å². The minimum absolute atomic E-state index is 0.414. The van der Waals surface area contributed by atoms with Gasteiger partial charge in [0.1, 0.15) is 0 Å². The van der Waals surface area contributed by atoms with Crippen LogP contribution in [-0.4, -0.2) is 48.8 Å². The SMILES string of the molecule is NS(=O)(=O)N1CCN(Cc2ccc(Cl)c3cccnc23)CC1. The van der Waals surface area contributed by atoms with Crippen molar-refractivity contribution in [2.45, 2.75) is 6.54 Å². The highest BCUT2D eigenvalue weighted by Gasteiger charge is 2.24. The van der Waals surface area contributed by atoms with E-state index < -0.39 is 10.2 Å². The van der Waals surface area contributed by atoms with Gasteiger partial charge < -0.3 is 0 Å². The normalized spacial score (nSPS) is 17.9. The van der Waals surface area contributed by atoms with E-state index in [4.69, 9.17) is 16.7 Å². The summed E-state index contributed by atoms with van der Waals surface area (Å²) in [7, 11) is -3.59. The van der Waals surface area contributed by atoms with Crippen molar-refractivity contribution in [3.05, 3.63) is 41.0 Å². The van der Waals surface area contributed by atoms with Crippen LogP contribution in [0.1, 0.15) is 5.56 Å². The van der Waals surface area contributed by atoms with E-state index in [-0.39, 0.29) is 0 Å². The molecule has 0 saturated carbocycles. The van der Waals surface area contributed by atoms with Crippen molar-refractivity contribution in [2.75, 3.05) is 26.2 Å². The Kier molecular flexibility index (Phi) is 4.33. The molecule has 1 aromatic carbocycles. The molecule has 22 heavy (non-hydrogen) atoms. The van der Waals surface area contributed by atoms with Crippen molar-refractivity contribution in [1.82, 2.24) is 14.2 Å². The van der Waals surface area contributed by atoms with Crippen molar-refractivity contribution >= 4 is 32.7 Å². The first-order valence-electron chi connectivity index (χ1n) is 6.97. The number of hydrogen-bond donors (Lipinski definition) is 1. The van der Waals surface area contributed by atoms with Gasteiger partial charge in [0.15, 0.2) is 0 Å². The lowest BCUT2D eigenvalue weighted by Crippen LogP contribution is -2.50. The second-order valence-electron chi connectivity index (χ2n) is 5.33. The van der Waals surface area contributed by atoms with Gasteiger partial charge >= 0.3 is 0 Å². The number of benzene rings is 1. The highest BCUT2D eigenvalue weighted by Crippen LogP contribution is 2.25. The summed E-state index contributed by atoms with van der Waals surface area (Å²) in [4.78, 5) is 6.62. The largest absolute Gasteiger partial charge is 0.296 e. The molecule has 0 amide bonds. The van der Waals surface area contributed by atoms with E-state index in [0.717, 1.165) is 16.5 Å². The van der Waals surface area contributed by atoms with Gasteiger partial charge in [0, 0.05) is 49.3 Å². The van der Waals surface area contributed by atoms with E-state index in [1.54, 1.807) is 6.20 Å². The highest BCUT2D eigenvalue weighted by atomic mass is 35.5. The van der Waals surface area contributed by atoms with Gasteiger partial charge in [0.05, 0.1) is 5.52 Å². The predicted molar refractivity (Wildman–Crippen MR) is 86.7 cm³/mol. The Bertz CT molecular complexity index is 789. The Balaban J connectivity index is 1.77. The predicted octanol–water partition coefficient (Wildman–Crippen LogP) is 1.21. The number of fused-ring (bicyclic) bond motifs is 1. The van der Waals surface area contributed by atoms with Crippen molar-refractivity contribution < 1.29 is 8.42 Å². The summed E-state index contributed by atoms with van der Waals surface area (Å²) in [5.41, 5.74) is 1.98. The molecule has 1 aliphatic heterocycles. The summed E-state index contributed by atoms with van der Waals surface area (Å²) >= 11 is 6.20. The molecule has 8 heteroatoms. The number of halogens is 1. The zero-order chi connectivity index (χ0) is 15.7. The van der Waals surface area contributed by atoms with Gasteiger partial charge in [0.2, 0.25) is 0 Å². The van der Waals surface area contributed by atoms with E-state index in [1.165, 1.54) is 4.31 Å². The zero-order valence-electron chi connectivity index (χ0n) is 11.9. The number of pyridine rings is 1. The highest BCUT2D eigenvalue weighted by molar-refractivity contribution is 7.86. The van der Waals surface area contributed by atoms with Crippen LogP contribution in [-0.2, 0) is 16.8 Å². The molecule has 1 saturated heterocycles. The first kappa shape index (κ1) is 15.6. The molecule has 0 spiro atoms. The van der Waals surface area contributed by atoms with Gasteiger partial charge in [-0.2, -0.15) is 12.7 Å². The first-order chi connectivity index (χ1) is 10.4. The molecule has 2 N–H and O–H groups in total. The number of nitrogens with two attached hydrogens (primary N) is 1. The van der Waals surface area contributed by atoms with Crippen LogP contribution in [0.15, 0.2) is 30.5 Å². The lowest BCUT2D eigenvalue weighted by atomic mass is 10.1. The molecule has 2 heterocycles. The summed E-state index contributed by atoms with van der Waals surface area (Å²) in [6.45, 7) is 2.83. The van der Waals surface area contributed by atoms with Crippen LogP contribution in [0.3, 0.4) is 0 Å². The molecule has 1 aliphatic rings. The van der Waals surface area contributed by atoms with Crippen molar-refractivity contribution in [1.29, 1.82) is 0 Å². The molecular weight excluding hydrogens is 324 g/mol. The Morgan fingerprint density at radius 1 is 1.18 bits per heavy atom. The van der Waals surface area contributed by atoms with Crippen molar-refractivity contribution in [3.63, 3.8) is 0 Å². The Morgan fingerprint density at radius 2 is 1.91 bits per heavy atom. The summed E-state index contributed by atoms with van der Waals surface area (Å²) in [5.74, 6) is 0. The van der Waals surface area contributed by atoms with Gasteiger partial charge in [-0.3, -0.25) is 9.88 Å². The maximum atomic E-state index is 11.3. The molecule has 0 unspecified atom stereocenters. The molecule has 0 radical (unpaired) electrons. The third kappa shape index (κ3) is 3.23. The molecular formula is C14H17ClN4O2S. The average Bonchev–Trinajstić information content (AvgIpc) is 2.50. The van der Waals surface area contributed by atoms with E-state index in [0.29, 0.717) is 37.7 Å². The second kappa shape index (κ2) is 6.10. The van der Waals surface area contributed by atoms with Gasteiger partial charge in [-0.05, 0) is 23.8 Å². The lowest BCUT2D eigenvalue weighted by Gasteiger charge is -2.33. The van der Waals surface area contributed by atoms with Crippen molar-refractivity contribution in [3.8, 4) is 0 Å². The molecule has 6 nitrogen and oxygen atoms in total. The average molecular weight is 341 g/mol. The number of rotatable bonds is 3. The van der Waals surface area contributed by atoms with Gasteiger partial charge in [-0.25, -0.2) is 5.14 Å². The van der Waals surface area contributed by atoms with Gasteiger partial charge in [0.25, 0.3) is 10.2 Å². The van der Waals surface area contributed by atoms with Crippen LogP contribution >= 0.6 is 11.6 Å². The molecule has 0 bridgehead atoms. The Hall–Kier alpha value is -1.25. The summed E-state index contributed by atoms with van der Waals surface area (Å²) in [5, 5.41) is 6.78. The van der Waals surface area contributed by atoms with E-state index >= 15 is 0 Å². The van der Waals surface area contributed by atoms with Crippen LogP contribution in [0.4, 0.5) is 0 Å². The maximum absolute atomic E-state index is 11.3. The zero-order valence-corrected chi connectivity index (χ0v) is 13.5. The number of aromatic nitrogens is 1. The fraction of sp³-hybridized carbons (Fsp3) is 0.357. The summed E-state index contributed by atoms with van der Waals surface area (Å²) in [6, 6.07) is 7.67. The summed E-state index contributed by atoms with van der Waals surface area (Å²) < 4.78 is 24.0. The Labute approximate surface area is 134 Å². The minimum Gasteiger partial charge on any atom is -0.296 e. The third-order valence-corrected chi connectivity index (χ3v) is 5.30. The molecule has 1 fully saturated rings. The molecule has 3 rings (SSSR count). The van der Waals surface area contributed by atoms with Crippen LogP contribution in [0.2, 0.25) is 5.02 Å². The second-order valence-corrected chi connectivity index (χ2v) is 7.28. The number of nitrogens with zero attached hydrogens (tertiary/aromatic N) is 3. The fourth-order valence-corrected chi connectivity index (χ4v) is 3.59. The van der Waals surface area contributed by atoms with Crippen LogP contribution < -0.4 is 5.14 Å².